The highest BCUT2D eigenvalue weighted by molar-refractivity contribution is 6.06. The second-order valence-corrected chi connectivity index (χ2v) is 7.95. The summed E-state index contributed by atoms with van der Waals surface area (Å²) >= 11 is 0. The van der Waals surface area contributed by atoms with E-state index in [1.807, 2.05) is 6.08 Å². The third-order valence-corrected chi connectivity index (χ3v) is 4.05. The Balaban J connectivity index is 0.000000263. The van der Waals surface area contributed by atoms with E-state index in [4.69, 9.17) is 0 Å². The number of cyclic esters (lactones) is 6. The fourth-order valence-corrected chi connectivity index (χ4v) is 2.48. The highest BCUT2D eigenvalue weighted by Gasteiger charge is 2.29. The van der Waals surface area contributed by atoms with Gasteiger partial charge in [0.05, 0.1) is 19.3 Å². The molecule has 0 atom stereocenters. The molecule has 0 unspecified atom stereocenters. The van der Waals surface area contributed by atoms with Crippen LogP contribution in [0.1, 0.15) is 59.8 Å². The lowest BCUT2D eigenvalue weighted by Crippen LogP contribution is -2.11. The van der Waals surface area contributed by atoms with Crippen molar-refractivity contribution in [3.8, 4) is 0 Å². The maximum Gasteiger partial charge on any atom is 0.341 e. The van der Waals surface area contributed by atoms with Gasteiger partial charge in [0.15, 0.2) is 0 Å². The fourth-order valence-electron chi connectivity index (χ4n) is 2.48. The molecule has 0 aromatic heterocycles. The number of hydrogen-bond donors (Lipinski definition) is 0. The van der Waals surface area contributed by atoms with E-state index in [0.29, 0.717) is 11.5 Å². The van der Waals surface area contributed by atoms with E-state index >= 15 is 0 Å². The minimum absolute atomic E-state index is 0.0523. The summed E-state index contributed by atoms with van der Waals surface area (Å²) in [5.41, 5.74) is 0.460. The molecular weight excluding hydrogens is 396 g/mol. The second kappa shape index (κ2) is 11.2. The lowest BCUT2D eigenvalue weighted by atomic mass is 9.83. The Morgan fingerprint density at radius 1 is 0.867 bits per heavy atom. The van der Waals surface area contributed by atoms with Crippen LogP contribution < -0.4 is 0 Å². The number of carbonyl (C=O) groups is 6. The largest absolute Gasteiger partial charge is 0.393 e. The minimum atomic E-state index is -0.579. The average molecular weight is 422 g/mol. The summed E-state index contributed by atoms with van der Waals surface area (Å²) in [6.45, 7) is 8.52. The monoisotopic (exact) mass is 422 g/mol. The molecule has 0 aliphatic carbocycles. The maximum atomic E-state index is 11.3. The number of allylic oxidation sites excluding steroid dienone is 1. The molecule has 3 aliphatic heterocycles. The molecule has 0 aromatic rings. The molecule has 2 saturated heterocycles. The van der Waals surface area contributed by atoms with E-state index in [-0.39, 0.29) is 24.7 Å². The van der Waals surface area contributed by atoms with Gasteiger partial charge in [0.25, 0.3) is 0 Å². The van der Waals surface area contributed by atoms with Crippen LogP contribution in [-0.4, -0.2) is 35.8 Å². The van der Waals surface area contributed by atoms with Crippen LogP contribution in [0.25, 0.3) is 0 Å². The number of esters is 6. The third-order valence-electron chi connectivity index (χ3n) is 4.05. The molecule has 0 bridgehead atoms. The van der Waals surface area contributed by atoms with Crippen molar-refractivity contribution in [2.45, 2.75) is 59.8 Å². The van der Waals surface area contributed by atoms with Crippen molar-refractivity contribution in [3.63, 3.8) is 0 Å². The van der Waals surface area contributed by atoms with Crippen molar-refractivity contribution < 1.29 is 43.0 Å². The average Bonchev–Trinajstić information content (AvgIpc) is 3.28. The molecule has 9 nitrogen and oxygen atoms in total. The highest BCUT2D eigenvalue weighted by Crippen LogP contribution is 2.30. The molecule has 3 aliphatic rings. The van der Waals surface area contributed by atoms with E-state index in [0.717, 1.165) is 25.0 Å². The SMILES string of the molecule is CC(C)CCC(C)(C)/C=C1\CC(=O)OC1=O.O=C1C=CC(=O)O1.O=C1CCC(=O)O1. The van der Waals surface area contributed by atoms with E-state index in [1.54, 1.807) is 0 Å². The third kappa shape index (κ3) is 9.90. The van der Waals surface area contributed by atoms with Gasteiger partial charge in [-0.15, -0.1) is 0 Å². The lowest BCUT2D eigenvalue weighted by Gasteiger charge is -2.21. The van der Waals surface area contributed by atoms with Gasteiger partial charge < -0.3 is 14.2 Å². The topological polar surface area (TPSA) is 130 Å². The molecule has 0 saturated carbocycles. The van der Waals surface area contributed by atoms with Gasteiger partial charge in [-0.25, -0.2) is 14.4 Å². The highest BCUT2D eigenvalue weighted by atomic mass is 16.6. The smallest absolute Gasteiger partial charge is 0.341 e. The van der Waals surface area contributed by atoms with Crippen LogP contribution in [0.5, 0.6) is 0 Å². The Kier molecular flexibility index (Phi) is 9.29. The van der Waals surface area contributed by atoms with Gasteiger partial charge >= 0.3 is 35.8 Å². The molecule has 3 rings (SSSR count). The normalized spacial score (nSPS) is 19.3. The maximum absolute atomic E-state index is 11.3. The predicted molar refractivity (Wildman–Crippen MR) is 102 cm³/mol. The fraction of sp³-hybridized carbons (Fsp3) is 0.524. The van der Waals surface area contributed by atoms with Gasteiger partial charge in [-0.05, 0) is 17.8 Å². The zero-order chi connectivity index (χ0) is 22.9. The molecule has 2 fully saturated rings. The molecule has 0 aromatic carbocycles. The van der Waals surface area contributed by atoms with Crippen molar-refractivity contribution in [1.29, 1.82) is 0 Å². The lowest BCUT2D eigenvalue weighted by molar-refractivity contribution is -0.153. The molecule has 30 heavy (non-hydrogen) atoms. The molecule has 164 valence electrons. The summed E-state index contributed by atoms with van der Waals surface area (Å²) in [5.74, 6) is -2.21. The quantitative estimate of drug-likeness (QED) is 0.290. The second-order valence-electron chi connectivity index (χ2n) is 7.95. The minimum Gasteiger partial charge on any atom is -0.393 e. The first kappa shape index (κ1) is 24.9. The number of ether oxygens (including phenoxy) is 3. The predicted octanol–water partition coefficient (Wildman–Crippen LogP) is 2.32. The van der Waals surface area contributed by atoms with Crippen LogP contribution in [0.2, 0.25) is 0 Å². The summed E-state index contributed by atoms with van der Waals surface area (Å²) in [6.07, 6.45) is 6.84. The summed E-state index contributed by atoms with van der Waals surface area (Å²) in [4.78, 5) is 62.1. The first-order chi connectivity index (χ1) is 13.9. The first-order valence-corrected chi connectivity index (χ1v) is 9.52. The van der Waals surface area contributed by atoms with Crippen molar-refractivity contribution in [2.75, 3.05) is 0 Å². The zero-order valence-electron chi connectivity index (χ0n) is 17.5. The Morgan fingerprint density at radius 2 is 1.40 bits per heavy atom. The van der Waals surface area contributed by atoms with E-state index in [2.05, 4.69) is 41.9 Å². The number of hydrogen-bond acceptors (Lipinski definition) is 9. The van der Waals surface area contributed by atoms with Crippen LogP contribution in [0, 0.1) is 11.3 Å². The standard InChI is InChI=1S/C13H20O3.C4H4O3.C4H2O3/c1-9(2)5-6-13(3,4)8-10-7-11(14)16-12(10)15;2*5-3-1-2-4(6)7-3/h8-9H,5-7H2,1-4H3;1-2H2;1-2H/b10-8+;;. The number of carbonyl (C=O) groups excluding carboxylic acids is 6. The van der Waals surface area contributed by atoms with Crippen molar-refractivity contribution >= 4 is 35.8 Å². The van der Waals surface area contributed by atoms with Crippen LogP contribution in [0.3, 0.4) is 0 Å². The molecule has 3 heterocycles. The molecule has 9 heteroatoms. The molecule has 0 radical (unpaired) electrons. The van der Waals surface area contributed by atoms with Crippen LogP contribution in [0.4, 0.5) is 0 Å². The van der Waals surface area contributed by atoms with E-state index < -0.39 is 35.8 Å². The zero-order valence-corrected chi connectivity index (χ0v) is 17.5. The van der Waals surface area contributed by atoms with Crippen LogP contribution in [-0.2, 0) is 43.0 Å². The Labute approximate surface area is 174 Å². The van der Waals surface area contributed by atoms with Gasteiger partial charge in [-0.1, -0.05) is 40.2 Å². The summed E-state index contributed by atoms with van der Waals surface area (Å²) in [7, 11) is 0. The first-order valence-electron chi connectivity index (χ1n) is 9.52. The summed E-state index contributed by atoms with van der Waals surface area (Å²) in [5, 5.41) is 0. The Bertz CT molecular complexity index is 754. The van der Waals surface area contributed by atoms with Gasteiger partial charge in [0, 0.05) is 17.7 Å². The van der Waals surface area contributed by atoms with Gasteiger partial charge in [0.2, 0.25) is 0 Å². The number of rotatable bonds is 4. The van der Waals surface area contributed by atoms with Crippen molar-refractivity contribution in [2.24, 2.45) is 11.3 Å². The molecule has 0 spiro atoms. The van der Waals surface area contributed by atoms with Crippen molar-refractivity contribution in [3.05, 3.63) is 23.8 Å². The summed E-state index contributed by atoms with van der Waals surface area (Å²) in [6, 6.07) is 0. The van der Waals surface area contributed by atoms with E-state index in [1.165, 1.54) is 0 Å². The van der Waals surface area contributed by atoms with Gasteiger partial charge in [0.1, 0.15) is 0 Å². The molecule has 0 amide bonds. The molecule has 0 N–H and O–H groups in total. The van der Waals surface area contributed by atoms with Gasteiger partial charge in [-0.2, -0.15) is 0 Å². The Morgan fingerprint density at radius 3 is 1.70 bits per heavy atom. The van der Waals surface area contributed by atoms with Crippen molar-refractivity contribution in [1.82, 2.24) is 0 Å². The van der Waals surface area contributed by atoms with Gasteiger partial charge in [-0.3, -0.25) is 14.4 Å². The Hall–Kier alpha value is -3.10. The van der Waals surface area contributed by atoms with E-state index in [9.17, 15) is 28.8 Å². The van der Waals surface area contributed by atoms with Crippen LogP contribution >= 0.6 is 0 Å². The van der Waals surface area contributed by atoms with Crippen LogP contribution in [0.15, 0.2) is 23.8 Å². The molecular formula is C21H26O9. The summed E-state index contributed by atoms with van der Waals surface area (Å²) < 4.78 is 12.6.